The van der Waals surface area contributed by atoms with E-state index in [0.717, 1.165) is 81.3 Å². The molecule has 0 amide bonds. The maximum Gasteiger partial charge on any atom is 2.00 e. The Morgan fingerprint density at radius 3 is 1.89 bits per heavy atom. The monoisotopic (exact) mass is 1070 g/mol. The van der Waals surface area contributed by atoms with Crippen molar-refractivity contribution < 1.29 is 85.2 Å². The molecule has 0 fully saturated rings. The summed E-state index contributed by atoms with van der Waals surface area (Å²) in [5.41, 5.74) is 12.4. The first kappa shape index (κ1) is 36.4. The fraction of sp³-hybridized carbons (Fsp3) is 0.312. The van der Waals surface area contributed by atoms with Crippen molar-refractivity contribution in [2.24, 2.45) is 0 Å². The summed E-state index contributed by atoms with van der Waals surface area (Å²) in [5, 5.41) is 0. The summed E-state index contributed by atoms with van der Waals surface area (Å²) in [6.45, 7) is 8.19. The molecule has 2 aliphatic heterocycles. The second kappa shape index (κ2) is 15.7. The van der Waals surface area contributed by atoms with Crippen molar-refractivity contribution in [3.8, 4) is 0 Å². The summed E-state index contributed by atoms with van der Waals surface area (Å²) in [6.07, 6.45) is 1.37. The van der Waals surface area contributed by atoms with Crippen molar-refractivity contribution in [3.05, 3.63) is 63.7 Å². The van der Waals surface area contributed by atoms with Crippen molar-refractivity contribution >= 4 is 73.4 Å². The van der Waals surface area contributed by atoms with E-state index in [9.17, 15) is 9.59 Å². The summed E-state index contributed by atoms with van der Waals surface area (Å²) >= 11 is -3.81. The van der Waals surface area contributed by atoms with E-state index < -0.39 is 46.7 Å². The van der Waals surface area contributed by atoms with Crippen LogP contribution in [0.4, 0.5) is 0 Å². The Hall–Kier alpha value is -1.39. The molecule has 5 rings (SSSR count). The largest absolute Gasteiger partial charge is 2.00 e. The number of carbonyl (C=O) groups excluding carboxylic acids is 2. The van der Waals surface area contributed by atoms with Crippen molar-refractivity contribution in [1.29, 1.82) is 0 Å². The third-order valence-corrected chi connectivity index (χ3v) is 22.2. The van der Waals surface area contributed by atoms with Gasteiger partial charge in [-0.2, -0.15) is 0 Å². The van der Waals surface area contributed by atoms with Gasteiger partial charge < -0.3 is 0 Å². The van der Waals surface area contributed by atoms with Crippen molar-refractivity contribution in [3.63, 3.8) is 0 Å². The molecule has 0 atom stereocenters. The van der Waals surface area contributed by atoms with E-state index in [0.29, 0.717) is 12.8 Å². The Morgan fingerprint density at radius 1 is 0.711 bits per heavy atom. The number of ether oxygens (including phenoxy) is 2. The molecular formula is C32H30Cl2Hg2N4O4Zn. The first-order chi connectivity index (χ1) is 21.1. The molecule has 3 aromatic heterocycles. The molecule has 13 heteroatoms. The molecule has 0 aliphatic carbocycles. The standard InChI is InChI=1S/C32H30N4O4.2ClH.2Hg.Zn/c1-17-11-22-14-27-19(3)23(7-9-31(37)39-5)29(35-27)16-30-24(8-10-32(38)40-6)20(4)28(36-30)15-26-18(2)12-21(34-26)13-25(17)33-22;;;;;/h13-16H,7-10H2,1-6H3;2*1H;;;/q-2;;;2*+1;+2/p-2. The van der Waals surface area contributed by atoms with Gasteiger partial charge in [-0.25, -0.2) is 0 Å². The third-order valence-electron chi connectivity index (χ3n) is 8.52. The van der Waals surface area contributed by atoms with Crippen LogP contribution in [-0.4, -0.2) is 36.1 Å². The zero-order chi connectivity index (χ0) is 31.7. The molecule has 5 heterocycles. The molecular weight excluding hydrogens is 1040 g/mol. The number of hydrogen-bond acceptors (Lipinski definition) is 6. The van der Waals surface area contributed by atoms with Crippen molar-refractivity contribution in [2.75, 3.05) is 14.2 Å². The number of halogens is 2. The van der Waals surface area contributed by atoms with Crippen molar-refractivity contribution in [1.82, 2.24) is 19.9 Å². The minimum atomic E-state index is -1.92. The summed E-state index contributed by atoms with van der Waals surface area (Å²) in [7, 11) is 16.1. The second-order valence-electron chi connectivity index (χ2n) is 10.9. The first-order valence-corrected chi connectivity index (χ1v) is 33.4. The molecule has 8 bridgehead atoms. The van der Waals surface area contributed by atoms with E-state index in [1.807, 2.05) is 32.0 Å². The Morgan fingerprint density at radius 2 is 1.24 bits per heavy atom. The molecule has 8 nitrogen and oxygen atoms in total. The van der Waals surface area contributed by atoms with E-state index in [-0.39, 0.29) is 44.3 Å². The van der Waals surface area contributed by atoms with Crippen LogP contribution in [0.2, 0.25) is 0 Å². The van der Waals surface area contributed by atoms with E-state index in [1.165, 1.54) is 17.3 Å². The molecule has 0 N–H and O–H groups in total. The quantitative estimate of drug-likeness (QED) is 0.195. The molecule has 45 heavy (non-hydrogen) atoms. The summed E-state index contributed by atoms with van der Waals surface area (Å²) < 4.78 is 12.2. The predicted molar refractivity (Wildman–Crippen MR) is 166 cm³/mol. The van der Waals surface area contributed by atoms with Gasteiger partial charge in [0.05, 0.1) is 0 Å². The summed E-state index contributed by atoms with van der Waals surface area (Å²) in [6, 6.07) is 8.04. The van der Waals surface area contributed by atoms with Gasteiger partial charge in [0.25, 0.3) is 0 Å². The van der Waals surface area contributed by atoms with Gasteiger partial charge in [0, 0.05) is 0 Å². The number of aromatic nitrogens is 4. The zero-order valence-corrected chi connectivity index (χ0v) is 41.9. The fourth-order valence-electron chi connectivity index (χ4n) is 5.70. The topological polar surface area (TPSA) is 107 Å². The molecule has 0 saturated carbocycles. The van der Waals surface area contributed by atoms with Gasteiger partial charge in [-0.05, 0) is 0 Å². The number of hydrogen-bond donors (Lipinski definition) is 0. The number of allylic oxidation sites excluding steroid dienone is 3. The Bertz CT molecular complexity index is 1920. The van der Waals surface area contributed by atoms with Crippen LogP contribution in [0.25, 0.3) is 41.9 Å². The van der Waals surface area contributed by atoms with Gasteiger partial charge in [-0.3, -0.25) is 0 Å². The molecule has 0 aromatic carbocycles. The Kier molecular flexibility index (Phi) is 12.7. The number of nitrogens with zero attached hydrogens (tertiary/aromatic N) is 4. The van der Waals surface area contributed by atoms with Crippen LogP contribution in [0.5, 0.6) is 0 Å². The minimum Gasteiger partial charge on any atom is 2.00 e. The van der Waals surface area contributed by atoms with E-state index >= 15 is 0 Å². The van der Waals surface area contributed by atoms with Crippen LogP contribution in [0.15, 0.2) is 24.3 Å². The molecule has 3 aromatic rings. The number of aryl methyl sites for hydroxylation is 3. The molecule has 2 aliphatic rings. The van der Waals surface area contributed by atoms with Gasteiger partial charge in [-0.1, -0.05) is 0 Å². The molecule has 0 radical (unpaired) electrons. The van der Waals surface area contributed by atoms with E-state index in [1.54, 1.807) is 0 Å². The smallest absolute Gasteiger partial charge is 2.00 e. The predicted octanol–water partition coefficient (Wildman–Crippen LogP) is 6.16. The minimum absolute atomic E-state index is 0. The van der Waals surface area contributed by atoms with Crippen LogP contribution >= 0.6 is 16.5 Å². The molecule has 0 spiro atoms. The Balaban J connectivity index is 0.00000461. The second-order valence-corrected chi connectivity index (χ2v) is 23.2. The van der Waals surface area contributed by atoms with Gasteiger partial charge in [-0.15, -0.1) is 0 Å². The summed E-state index contributed by atoms with van der Waals surface area (Å²) in [4.78, 5) is 44.5. The van der Waals surface area contributed by atoms with Crippen LogP contribution in [0.3, 0.4) is 0 Å². The number of rotatable bonds is 8. The van der Waals surface area contributed by atoms with Crippen molar-refractivity contribution in [2.45, 2.75) is 53.4 Å². The van der Waals surface area contributed by atoms with E-state index in [2.05, 4.69) is 19.9 Å². The number of carbonyl (C=O) groups is 2. The third kappa shape index (κ3) is 7.53. The van der Waals surface area contributed by atoms with E-state index in [4.69, 9.17) is 45.9 Å². The average Bonchev–Trinajstić information content (AvgIpc) is 3.67. The zero-order valence-electron chi connectivity index (χ0n) is 26.4. The van der Waals surface area contributed by atoms with Gasteiger partial charge >= 0.3 is 310 Å². The number of methoxy groups -OCH3 is 2. The van der Waals surface area contributed by atoms with Crippen LogP contribution in [0.1, 0.15) is 72.6 Å². The van der Waals surface area contributed by atoms with Crippen LogP contribution in [-0.2, 0) is 91.6 Å². The number of fused-ring (bicyclic) bond motifs is 8. The number of esters is 2. The van der Waals surface area contributed by atoms with Crippen LogP contribution in [0, 0.1) is 13.8 Å². The maximum atomic E-state index is 12.1. The maximum absolute atomic E-state index is 12.1. The normalized spacial score (nSPS) is 12.4. The fourth-order valence-corrected chi connectivity index (χ4v) is 17.1. The van der Waals surface area contributed by atoms with Crippen LogP contribution < -0.4 is 13.0 Å². The van der Waals surface area contributed by atoms with Gasteiger partial charge in [0.2, 0.25) is 0 Å². The SMILES string of the molecule is COC(=O)CCC1=C(C)c2cc3[n-]c(cc4nc(cc5[n-]c(cc1n2)c(CCC(=O)OC)c5C)[C]([Hg][Cl])=C4C)[c]([Hg][Cl])c3C.[Zn+2]. The van der Waals surface area contributed by atoms with Gasteiger partial charge in [0.1, 0.15) is 0 Å². The first-order valence-electron chi connectivity index (χ1n) is 14.4. The van der Waals surface area contributed by atoms with Gasteiger partial charge in [0.15, 0.2) is 0 Å². The average molecular weight is 1070 g/mol. The molecule has 222 valence electrons. The summed E-state index contributed by atoms with van der Waals surface area (Å²) in [5.74, 6) is -0.576. The molecule has 0 saturated heterocycles. The Labute approximate surface area is 306 Å². The molecule has 0 unspecified atom stereocenters.